The zero-order chi connectivity index (χ0) is 33.5. The summed E-state index contributed by atoms with van der Waals surface area (Å²) in [5.41, 5.74) is -0.433. The van der Waals surface area contributed by atoms with E-state index < -0.39 is 56.9 Å². The third-order valence-corrected chi connectivity index (χ3v) is 9.37. The first-order chi connectivity index (χ1) is 21.8. The Kier molecular flexibility index (Phi) is 11.4. The number of amides is 2. The highest BCUT2D eigenvalue weighted by molar-refractivity contribution is 7.92. The molecular weight excluding hydrogens is 662 g/mol. The normalized spacial score (nSPS) is 12.3. The summed E-state index contributed by atoms with van der Waals surface area (Å²) < 4.78 is 70.2. The minimum Gasteiger partial charge on any atom is -0.355 e. The molecule has 242 valence electrons. The molecule has 0 spiro atoms. The summed E-state index contributed by atoms with van der Waals surface area (Å²) in [4.78, 5) is 28.8. The van der Waals surface area contributed by atoms with Crippen LogP contribution in [0.5, 0.6) is 0 Å². The largest absolute Gasteiger partial charge is 0.417 e. The van der Waals surface area contributed by atoms with Crippen LogP contribution in [0, 0.1) is 0 Å². The van der Waals surface area contributed by atoms with E-state index in [-0.39, 0.29) is 24.4 Å². The molecule has 7 nitrogen and oxygen atoms in total. The van der Waals surface area contributed by atoms with Crippen molar-refractivity contribution in [1.82, 2.24) is 10.2 Å². The van der Waals surface area contributed by atoms with Crippen LogP contribution in [0.3, 0.4) is 0 Å². The van der Waals surface area contributed by atoms with E-state index in [1.54, 1.807) is 67.6 Å². The molecule has 1 N–H and O–H groups in total. The second-order valence-corrected chi connectivity index (χ2v) is 12.9. The topological polar surface area (TPSA) is 86.8 Å². The molecule has 0 saturated heterocycles. The van der Waals surface area contributed by atoms with E-state index >= 15 is 0 Å². The average Bonchev–Trinajstić information content (AvgIpc) is 3.02. The summed E-state index contributed by atoms with van der Waals surface area (Å²) in [5, 5.41) is 2.47. The molecule has 4 aromatic rings. The van der Waals surface area contributed by atoms with Gasteiger partial charge in [0.1, 0.15) is 12.6 Å². The molecule has 0 radical (unpaired) electrons. The second kappa shape index (κ2) is 15.0. The van der Waals surface area contributed by atoms with Crippen LogP contribution >= 0.6 is 23.2 Å². The lowest BCUT2D eigenvalue weighted by Crippen LogP contribution is -2.53. The Morgan fingerprint density at radius 2 is 1.48 bits per heavy atom. The number of nitrogens with one attached hydrogen (secondary N) is 1. The van der Waals surface area contributed by atoms with E-state index in [1.165, 1.54) is 29.2 Å². The lowest BCUT2D eigenvalue weighted by atomic mass is 10.0. The van der Waals surface area contributed by atoms with Crippen molar-refractivity contribution in [3.63, 3.8) is 0 Å². The second-order valence-electron chi connectivity index (χ2n) is 10.2. The third-order valence-electron chi connectivity index (χ3n) is 7.02. The first-order valence-corrected chi connectivity index (χ1v) is 16.3. The van der Waals surface area contributed by atoms with Gasteiger partial charge in [0, 0.05) is 24.5 Å². The number of alkyl halides is 3. The minimum absolute atomic E-state index is 0.0730. The molecule has 1 atom stereocenters. The van der Waals surface area contributed by atoms with Crippen LogP contribution in [-0.2, 0) is 38.8 Å². The molecular formula is C33H30Cl2F3N3O4S. The van der Waals surface area contributed by atoms with E-state index in [0.29, 0.717) is 21.0 Å². The van der Waals surface area contributed by atoms with E-state index in [0.717, 1.165) is 17.7 Å². The van der Waals surface area contributed by atoms with Gasteiger partial charge in [-0.25, -0.2) is 8.42 Å². The maximum atomic E-state index is 14.3. The SMILES string of the molecule is CCNC(=O)[C@H](Cc1ccccc1)N(Cc1cccc(Cl)c1)C(=O)CN(c1ccc(Cl)c(C(F)(F)F)c1)S(=O)(=O)c1ccccc1. The number of carbonyl (C=O) groups excluding carboxylic acids is 2. The number of halogens is 5. The molecule has 2 amide bonds. The van der Waals surface area contributed by atoms with Crippen molar-refractivity contribution in [2.24, 2.45) is 0 Å². The predicted molar refractivity (Wildman–Crippen MR) is 172 cm³/mol. The molecule has 0 heterocycles. The van der Waals surface area contributed by atoms with Crippen LogP contribution in [0.4, 0.5) is 18.9 Å². The molecule has 0 unspecified atom stereocenters. The van der Waals surface area contributed by atoms with Crippen molar-refractivity contribution >= 4 is 50.7 Å². The fraction of sp³-hybridized carbons (Fsp3) is 0.212. The van der Waals surface area contributed by atoms with Crippen molar-refractivity contribution in [1.29, 1.82) is 0 Å². The highest BCUT2D eigenvalue weighted by Gasteiger charge is 2.37. The van der Waals surface area contributed by atoms with Crippen molar-refractivity contribution in [2.75, 3.05) is 17.4 Å². The molecule has 13 heteroatoms. The van der Waals surface area contributed by atoms with Gasteiger partial charge in [-0.3, -0.25) is 13.9 Å². The monoisotopic (exact) mass is 691 g/mol. The molecule has 0 aliphatic carbocycles. The number of sulfonamides is 1. The molecule has 0 aromatic heterocycles. The number of rotatable bonds is 12. The fourth-order valence-corrected chi connectivity index (χ4v) is 6.68. The highest BCUT2D eigenvalue weighted by Crippen LogP contribution is 2.38. The molecule has 0 aliphatic rings. The van der Waals surface area contributed by atoms with Crippen LogP contribution in [-0.4, -0.2) is 44.3 Å². The molecule has 0 fully saturated rings. The van der Waals surface area contributed by atoms with Gasteiger partial charge in [0.05, 0.1) is 21.2 Å². The summed E-state index contributed by atoms with van der Waals surface area (Å²) in [6, 6.07) is 24.0. The van der Waals surface area contributed by atoms with Crippen LogP contribution in [0.2, 0.25) is 10.0 Å². The summed E-state index contributed by atoms with van der Waals surface area (Å²) in [5.74, 6) is -1.33. The first kappa shape index (κ1) is 34.8. The van der Waals surface area contributed by atoms with Crippen molar-refractivity contribution in [2.45, 2.75) is 37.0 Å². The van der Waals surface area contributed by atoms with Crippen LogP contribution in [0.15, 0.2) is 108 Å². The van der Waals surface area contributed by atoms with E-state index in [4.69, 9.17) is 23.2 Å². The maximum absolute atomic E-state index is 14.3. The van der Waals surface area contributed by atoms with Crippen molar-refractivity contribution < 1.29 is 31.2 Å². The van der Waals surface area contributed by atoms with Gasteiger partial charge < -0.3 is 10.2 Å². The summed E-state index contributed by atoms with van der Waals surface area (Å²) in [7, 11) is -4.60. The highest BCUT2D eigenvalue weighted by atomic mass is 35.5. The Hall–Kier alpha value is -4.06. The van der Waals surface area contributed by atoms with E-state index in [1.807, 2.05) is 0 Å². The van der Waals surface area contributed by atoms with Gasteiger partial charge in [-0.1, -0.05) is 83.9 Å². The van der Waals surface area contributed by atoms with Gasteiger partial charge >= 0.3 is 6.18 Å². The predicted octanol–water partition coefficient (Wildman–Crippen LogP) is 6.98. The van der Waals surface area contributed by atoms with Gasteiger partial charge in [-0.15, -0.1) is 0 Å². The van der Waals surface area contributed by atoms with Gasteiger partial charge in [-0.2, -0.15) is 13.2 Å². The Morgan fingerprint density at radius 3 is 2.09 bits per heavy atom. The van der Waals surface area contributed by atoms with Gasteiger partial charge in [0.15, 0.2) is 0 Å². The smallest absolute Gasteiger partial charge is 0.355 e. The summed E-state index contributed by atoms with van der Waals surface area (Å²) in [6.07, 6.45) is -4.83. The zero-order valence-corrected chi connectivity index (χ0v) is 26.9. The zero-order valence-electron chi connectivity index (χ0n) is 24.5. The standard InChI is InChI=1S/C33H30Cl2F3N3O4S/c1-2-39-32(43)30(19-23-10-5-3-6-11-23)40(21-24-12-9-13-25(34)18-24)31(42)22-41(46(44,45)27-14-7-4-8-15-27)26-16-17-29(35)28(20-26)33(36,37)38/h3-18,20,30H,2,19,21-22H2,1H3,(H,39,43)/t30-/m0/s1. The Morgan fingerprint density at radius 1 is 0.848 bits per heavy atom. The number of hydrogen-bond donors (Lipinski definition) is 1. The van der Waals surface area contributed by atoms with Crippen molar-refractivity contribution in [3.8, 4) is 0 Å². The average molecular weight is 693 g/mol. The van der Waals surface area contributed by atoms with E-state index in [2.05, 4.69) is 5.32 Å². The van der Waals surface area contributed by atoms with E-state index in [9.17, 15) is 31.2 Å². The summed E-state index contributed by atoms with van der Waals surface area (Å²) >= 11 is 12.1. The lowest BCUT2D eigenvalue weighted by molar-refractivity contribution is -0.140. The molecule has 0 bridgehead atoms. The molecule has 4 rings (SSSR count). The number of anilines is 1. The number of hydrogen-bond acceptors (Lipinski definition) is 4. The van der Waals surface area contributed by atoms with Gasteiger partial charge in [0.2, 0.25) is 11.8 Å². The van der Waals surface area contributed by atoms with Crippen LogP contribution in [0.1, 0.15) is 23.6 Å². The number of benzene rings is 4. The van der Waals surface area contributed by atoms with Gasteiger partial charge in [-0.05, 0) is 60.5 Å². The number of carbonyl (C=O) groups is 2. The minimum atomic E-state index is -4.91. The number of nitrogens with zero attached hydrogens (tertiary/aromatic N) is 2. The first-order valence-electron chi connectivity index (χ1n) is 14.1. The third kappa shape index (κ3) is 8.60. The maximum Gasteiger partial charge on any atom is 0.417 e. The lowest BCUT2D eigenvalue weighted by Gasteiger charge is -2.34. The van der Waals surface area contributed by atoms with Crippen molar-refractivity contribution in [3.05, 3.63) is 130 Å². The fourth-order valence-electron chi connectivity index (χ4n) is 4.81. The Balaban J connectivity index is 1.85. The molecule has 46 heavy (non-hydrogen) atoms. The molecule has 4 aromatic carbocycles. The quantitative estimate of drug-likeness (QED) is 0.174. The number of likely N-dealkylation sites (N-methyl/N-ethyl adjacent to an activating group) is 1. The Labute approximate surface area is 275 Å². The van der Waals surface area contributed by atoms with Crippen LogP contribution < -0.4 is 9.62 Å². The van der Waals surface area contributed by atoms with Crippen LogP contribution in [0.25, 0.3) is 0 Å². The summed E-state index contributed by atoms with van der Waals surface area (Å²) in [6.45, 7) is 0.888. The molecule has 0 aliphatic heterocycles. The van der Waals surface area contributed by atoms with Gasteiger partial charge in [0.25, 0.3) is 10.0 Å². The Bertz CT molecular complexity index is 1780. The molecule has 0 saturated carbocycles.